The summed E-state index contributed by atoms with van der Waals surface area (Å²) in [7, 11) is 1.85. The average Bonchev–Trinajstić information content (AvgIpc) is 2.47. The van der Waals surface area contributed by atoms with Crippen LogP contribution < -0.4 is 10.6 Å². The van der Waals surface area contributed by atoms with E-state index >= 15 is 0 Å². The molecule has 1 aromatic rings. The zero-order chi connectivity index (χ0) is 14.6. The molecule has 1 aromatic carbocycles. The molecule has 0 radical (unpaired) electrons. The van der Waals surface area contributed by atoms with Gasteiger partial charge in [0.05, 0.1) is 6.61 Å². The largest absolute Gasteiger partial charge is 0.381 e. The first kappa shape index (κ1) is 19.9. The number of carbonyl (C=O) groups is 1. The van der Waals surface area contributed by atoms with E-state index in [9.17, 15) is 4.79 Å². The predicted molar refractivity (Wildman–Crippen MR) is 88.9 cm³/mol. The van der Waals surface area contributed by atoms with Gasteiger partial charge in [0.25, 0.3) is 0 Å². The Bertz CT molecular complexity index is 374. The zero-order valence-corrected chi connectivity index (χ0v) is 13.7. The summed E-state index contributed by atoms with van der Waals surface area (Å²) >= 11 is 0. The highest BCUT2D eigenvalue weighted by atomic mass is 35.5. The van der Waals surface area contributed by atoms with E-state index in [1.54, 1.807) is 0 Å². The van der Waals surface area contributed by atoms with Crippen LogP contribution in [0.15, 0.2) is 30.3 Å². The third-order valence-electron chi connectivity index (χ3n) is 3.10. The van der Waals surface area contributed by atoms with Gasteiger partial charge in [-0.3, -0.25) is 4.79 Å². The van der Waals surface area contributed by atoms with Crippen LogP contribution in [0.2, 0.25) is 0 Å². The van der Waals surface area contributed by atoms with Crippen molar-refractivity contribution in [2.75, 3.05) is 33.4 Å². The van der Waals surface area contributed by atoms with Crippen LogP contribution in [0, 0.1) is 5.92 Å². The smallest absolute Gasteiger partial charge is 0.224 e. The molecule has 2 N–H and O–H groups in total. The molecule has 21 heavy (non-hydrogen) atoms. The van der Waals surface area contributed by atoms with Gasteiger partial charge in [0.2, 0.25) is 5.91 Å². The van der Waals surface area contributed by atoms with Crippen molar-refractivity contribution in [2.45, 2.75) is 19.8 Å². The Labute approximate surface area is 134 Å². The lowest BCUT2D eigenvalue weighted by Gasteiger charge is -2.11. The number of ether oxygens (including phenoxy) is 1. The van der Waals surface area contributed by atoms with Crippen molar-refractivity contribution >= 4 is 18.3 Å². The second-order valence-corrected chi connectivity index (χ2v) is 4.95. The highest BCUT2D eigenvalue weighted by Crippen LogP contribution is 1.99. The maximum atomic E-state index is 11.6. The van der Waals surface area contributed by atoms with E-state index in [2.05, 4.69) is 22.8 Å². The van der Waals surface area contributed by atoms with Crippen LogP contribution in [-0.4, -0.2) is 39.3 Å². The van der Waals surface area contributed by atoms with E-state index in [-0.39, 0.29) is 24.2 Å². The quantitative estimate of drug-likeness (QED) is 0.650. The van der Waals surface area contributed by atoms with Crippen LogP contribution in [0.5, 0.6) is 0 Å². The van der Waals surface area contributed by atoms with Crippen LogP contribution >= 0.6 is 12.4 Å². The van der Waals surface area contributed by atoms with Crippen LogP contribution in [0.3, 0.4) is 0 Å². The molecule has 5 heteroatoms. The first-order chi connectivity index (χ1) is 9.74. The van der Waals surface area contributed by atoms with Crippen molar-refractivity contribution < 1.29 is 9.53 Å². The van der Waals surface area contributed by atoms with Gasteiger partial charge >= 0.3 is 0 Å². The summed E-state index contributed by atoms with van der Waals surface area (Å²) in [6.45, 7) is 4.72. The van der Waals surface area contributed by atoms with Gasteiger partial charge in [-0.25, -0.2) is 0 Å². The first-order valence-corrected chi connectivity index (χ1v) is 7.28. The molecule has 0 aliphatic carbocycles. The minimum atomic E-state index is 0. The maximum Gasteiger partial charge on any atom is 0.224 e. The monoisotopic (exact) mass is 314 g/mol. The fraction of sp³-hybridized carbons (Fsp3) is 0.562. The number of amides is 1. The Morgan fingerprint density at radius 2 is 1.95 bits per heavy atom. The summed E-state index contributed by atoms with van der Waals surface area (Å²) in [5.74, 6) is 0.114. The van der Waals surface area contributed by atoms with Gasteiger partial charge in [-0.2, -0.15) is 0 Å². The highest BCUT2D eigenvalue weighted by Gasteiger charge is 2.10. The Morgan fingerprint density at radius 3 is 2.62 bits per heavy atom. The molecule has 0 aliphatic rings. The molecule has 0 saturated heterocycles. The molecule has 0 spiro atoms. The SMILES string of the molecule is CNCC(C)C(=O)NCCCOCCc1ccccc1.Cl. The molecular formula is C16H27ClN2O2. The number of nitrogens with one attached hydrogen (secondary N) is 2. The molecule has 4 nitrogen and oxygen atoms in total. The van der Waals surface area contributed by atoms with E-state index < -0.39 is 0 Å². The lowest BCUT2D eigenvalue weighted by atomic mass is 10.1. The Balaban J connectivity index is 0.00000400. The molecule has 1 rings (SSSR count). The summed E-state index contributed by atoms with van der Waals surface area (Å²) in [5.41, 5.74) is 1.29. The molecule has 1 amide bonds. The summed E-state index contributed by atoms with van der Waals surface area (Å²) in [4.78, 5) is 11.6. The fourth-order valence-corrected chi connectivity index (χ4v) is 1.90. The molecule has 0 fully saturated rings. The number of rotatable bonds is 10. The van der Waals surface area contributed by atoms with Crippen LogP contribution in [0.1, 0.15) is 18.9 Å². The van der Waals surface area contributed by atoms with Crippen molar-refractivity contribution in [3.63, 3.8) is 0 Å². The fourth-order valence-electron chi connectivity index (χ4n) is 1.90. The van der Waals surface area contributed by atoms with Gasteiger partial charge in [-0.05, 0) is 25.5 Å². The number of hydrogen-bond donors (Lipinski definition) is 2. The minimum absolute atomic E-state index is 0. The van der Waals surface area contributed by atoms with E-state index in [0.29, 0.717) is 19.7 Å². The molecule has 0 aliphatic heterocycles. The molecule has 0 bridgehead atoms. The third kappa shape index (κ3) is 9.45. The summed E-state index contributed by atoms with van der Waals surface area (Å²) in [6.07, 6.45) is 1.79. The second kappa shape index (κ2) is 12.6. The standard InChI is InChI=1S/C16H26N2O2.ClH/c1-14(13-17-2)16(19)18-10-6-11-20-12-9-15-7-4-3-5-8-15;/h3-5,7-8,14,17H,6,9-13H2,1-2H3,(H,18,19);1H. The molecule has 0 heterocycles. The van der Waals surface area contributed by atoms with Crippen LogP contribution in [0.4, 0.5) is 0 Å². The average molecular weight is 315 g/mol. The van der Waals surface area contributed by atoms with Crippen molar-refractivity contribution in [1.82, 2.24) is 10.6 Å². The number of benzene rings is 1. The molecule has 120 valence electrons. The van der Waals surface area contributed by atoms with Crippen molar-refractivity contribution in [3.8, 4) is 0 Å². The first-order valence-electron chi connectivity index (χ1n) is 7.28. The van der Waals surface area contributed by atoms with Gasteiger partial charge in [0.1, 0.15) is 0 Å². The van der Waals surface area contributed by atoms with Crippen LogP contribution in [0.25, 0.3) is 0 Å². The summed E-state index contributed by atoms with van der Waals surface area (Å²) in [6, 6.07) is 10.3. The summed E-state index contributed by atoms with van der Waals surface area (Å²) in [5, 5.41) is 5.91. The summed E-state index contributed by atoms with van der Waals surface area (Å²) < 4.78 is 5.56. The number of hydrogen-bond acceptors (Lipinski definition) is 3. The van der Waals surface area contributed by atoms with Crippen molar-refractivity contribution in [3.05, 3.63) is 35.9 Å². The molecule has 1 unspecified atom stereocenters. The number of halogens is 1. The van der Waals surface area contributed by atoms with Gasteiger partial charge in [-0.1, -0.05) is 37.3 Å². The van der Waals surface area contributed by atoms with Gasteiger partial charge in [-0.15, -0.1) is 12.4 Å². The molecule has 0 saturated carbocycles. The predicted octanol–water partition coefficient (Wildman–Crippen LogP) is 2.03. The molecule has 1 atom stereocenters. The molecule has 0 aromatic heterocycles. The van der Waals surface area contributed by atoms with Crippen LogP contribution in [-0.2, 0) is 16.0 Å². The van der Waals surface area contributed by atoms with Gasteiger partial charge < -0.3 is 15.4 Å². The second-order valence-electron chi connectivity index (χ2n) is 4.95. The van der Waals surface area contributed by atoms with E-state index in [1.807, 2.05) is 32.2 Å². The Hall–Kier alpha value is -1.10. The third-order valence-corrected chi connectivity index (χ3v) is 3.10. The topological polar surface area (TPSA) is 50.4 Å². The normalized spacial score (nSPS) is 11.5. The Morgan fingerprint density at radius 1 is 1.24 bits per heavy atom. The maximum absolute atomic E-state index is 11.6. The minimum Gasteiger partial charge on any atom is -0.381 e. The van der Waals surface area contributed by atoms with Gasteiger partial charge in [0, 0.05) is 25.6 Å². The van der Waals surface area contributed by atoms with Crippen molar-refractivity contribution in [2.24, 2.45) is 5.92 Å². The Kier molecular flexibility index (Phi) is 12.0. The zero-order valence-electron chi connectivity index (χ0n) is 12.9. The lowest BCUT2D eigenvalue weighted by Crippen LogP contribution is -2.35. The number of carbonyl (C=O) groups excluding carboxylic acids is 1. The van der Waals surface area contributed by atoms with E-state index in [0.717, 1.165) is 19.4 Å². The highest BCUT2D eigenvalue weighted by molar-refractivity contribution is 5.85. The van der Waals surface area contributed by atoms with Crippen molar-refractivity contribution in [1.29, 1.82) is 0 Å². The molecular weight excluding hydrogens is 288 g/mol. The van der Waals surface area contributed by atoms with E-state index in [4.69, 9.17) is 4.74 Å². The van der Waals surface area contributed by atoms with E-state index in [1.165, 1.54) is 5.56 Å². The lowest BCUT2D eigenvalue weighted by molar-refractivity contribution is -0.124. The van der Waals surface area contributed by atoms with Gasteiger partial charge in [0.15, 0.2) is 0 Å².